The zero-order chi connectivity index (χ0) is 11.5. The Labute approximate surface area is 89.2 Å². The summed E-state index contributed by atoms with van der Waals surface area (Å²) in [7, 11) is 5.20. The van der Waals surface area contributed by atoms with Crippen LogP contribution < -0.4 is 16.0 Å². The molecule has 0 aromatic rings. The van der Waals surface area contributed by atoms with E-state index in [0.29, 0.717) is 17.7 Å². The average molecular weight is 211 g/mol. The quantitative estimate of drug-likeness (QED) is 0.478. The first-order valence-electron chi connectivity index (χ1n) is 4.81. The van der Waals surface area contributed by atoms with Crippen LogP contribution in [0.1, 0.15) is 6.42 Å². The monoisotopic (exact) mass is 211 g/mol. The highest BCUT2D eigenvalue weighted by Crippen LogP contribution is 2.25. The van der Waals surface area contributed by atoms with Gasteiger partial charge in [0.15, 0.2) is 0 Å². The zero-order valence-electron chi connectivity index (χ0n) is 9.22. The summed E-state index contributed by atoms with van der Waals surface area (Å²) in [5, 5.41) is 18.2. The maximum absolute atomic E-state index is 11.2. The fourth-order valence-corrected chi connectivity index (χ4v) is 1.85. The molecular weight excluding hydrogens is 194 g/mol. The van der Waals surface area contributed by atoms with Crippen molar-refractivity contribution in [1.29, 1.82) is 0 Å². The number of aliphatic carboxylic acids is 1. The largest absolute Gasteiger partial charge is 0.478 e. The van der Waals surface area contributed by atoms with Gasteiger partial charge in [0.2, 0.25) is 0 Å². The molecular formula is C10H17N3O2. The molecule has 0 fully saturated rings. The number of hydrogen-bond acceptors (Lipinski definition) is 4. The van der Waals surface area contributed by atoms with Crippen molar-refractivity contribution in [3.8, 4) is 0 Å². The highest BCUT2D eigenvalue weighted by molar-refractivity contribution is 5.91. The molecule has 0 saturated carbocycles. The van der Waals surface area contributed by atoms with Gasteiger partial charge in [-0.25, -0.2) is 4.79 Å². The molecule has 0 unspecified atom stereocenters. The first-order valence-corrected chi connectivity index (χ1v) is 4.81. The van der Waals surface area contributed by atoms with E-state index in [-0.39, 0.29) is 0 Å². The van der Waals surface area contributed by atoms with E-state index in [4.69, 9.17) is 0 Å². The van der Waals surface area contributed by atoms with Crippen LogP contribution in [0.5, 0.6) is 0 Å². The molecule has 5 nitrogen and oxygen atoms in total. The van der Waals surface area contributed by atoms with Gasteiger partial charge >= 0.3 is 5.97 Å². The Morgan fingerprint density at radius 2 is 2.00 bits per heavy atom. The Morgan fingerprint density at radius 1 is 1.40 bits per heavy atom. The second-order valence-electron chi connectivity index (χ2n) is 3.36. The van der Waals surface area contributed by atoms with Crippen molar-refractivity contribution in [2.45, 2.75) is 12.1 Å². The third-order valence-corrected chi connectivity index (χ3v) is 2.74. The van der Waals surface area contributed by atoms with Gasteiger partial charge in [0.05, 0.1) is 5.57 Å². The minimum absolute atomic E-state index is 0.317. The topological polar surface area (TPSA) is 73.4 Å². The van der Waals surface area contributed by atoms with Crippen LogP contribution in [-0.2, 0) is 4.79 Å². The first-order chi connectivity index (χ1) is 7.11. The summed E-state index contributed by atoms with van der Waals surface area (Å²) in [5.74, 6) is -0.924. The minimum atomic E-state index is -0.924. The van der Waals surface area contributed by atoms with Crippen LogP contribution in [0.4, 0.5) is 0 Å². The highest BCUT2D eigenvalue weighted by Gasteiger charge is 2.38. The molecule has 0 saturated heterocycles. The predicted molar refractivity (Wildman–Crippen MR) is 58.3 cm³/mol. The van der Waals surface area contributed by atoms with Crippen LogP contribution in [0.15, 0.2) is 23.4 Å². The molecule has 5 heteroatoms. The summed E-state index contributed by atoms with van der Waals surface area (Å²) in [4.78, 5) is 11.2. The van der Waals surface area contributed by atoms with E-state index in [1.165, 1.54) is 0 Å². The first kappa shape index (κ1) is 11.7. The maximum Gasteiger partial charge on any atom is 0.336 e. The fourth-order valence-electron chi connectivity index (χ4n) is 1.85. The third kappa shape index (κ3) is 1.88. The SMILES string of the molecule is CNC1=C(C(=O)O)C(NC)(NC)CC=C1. The van der Waals surface area contributed by atoms with Gasteiger partial charge in [-0.05, 0) is 20.2 Å². The van der Waals surface area contributed by atoms with Crippen molar-refractivity contribution in [2.75, 3.05) is 21.1 Å². The molecule has 15 heavy (non-hydrogen) atoms. The molecule has 0 bridgehead atoms. The van der Waals surface area contributed by atoms with Crippen LogP contribution in [0.3, 0.4) is 0 Å². The molecule has 0 radical (unpaired) electrons. The van der Waals surface area contributed by atoms with Crippen LogP contribution in [0, 0.1) is 0 Å². The lowest BCUT2D eigenvalue weighted by Gasteiger charge is -2.36. The maximum atomic E-state index is 11.2. The van der Waals surface area contributed by atoms with Crippen molar-refractivity contribution in [2.24, 2.45) is 0 Å². The van der Waals surface area contributed by atoms with E-state index in [1.54, 1.807) is 27.2 Å². The van der Waals surface area contributed by atoms with Gasteiger partial charge in [-0.3, -0.25) is 10.6 Å². The number of carboxylic acid groups (broad SMARTS) is 1. The number of likely N-dealkylation sites (N-methyl/N-ethyl adjacent to an activating group) is 3. The number of carboxylic acids is 1. The normalized spacial score (nSPS) is 19.1. The molecule has 84 valence electrons. The molecule has 1 aliphatic rings. The summed E-state index contributed by atoms with van der Waals surface area (Å²) in [6, 6.07) is 0. The Bertz CT molecular complexity index is 317. The minimum Gasteiger partial charge on any atom is -0.478 e. The van der Waals surface area contributed by atoms with E-state index in [9.17, 15) is 9.90 Å². The van der Waals surface area contributed by atoms with Gasteiger partial charge in [-0.2, -0.15) is 0 Å². The third-order valence-electron chi connectivity index (χ3n) is 2.74. The Kier molecular flexibility index (Phi) is 3.49. The number of nitrogens with one attached hydrogen (secondary N) is 3. The lowest BCUT2D eigenvalue weighted by atomic mass is 9.89. The number of rotatable bonds is 4. The molecule has 0 amide bonds. The Hall–Kier alpha value is -1.33. The van der Waals surface area contributed by atoms with Crippen molar-refractivity contribution in [3.05, 3.63) is 23.4 Å². The fraction of sp³-hybridized carbons (Fsp3) is 0.500. The Morgan fingerprint density at radius 3 is 2.40 bits per heavy atom. The predicted octanol–water partition coefficient (Wildman–Crippen LogP) is -0.360. The van der Waals surface area contributed by atoms with Gasteiger partial charge in [-0.1, -0.05) is 6.08 Å². The number of carbonyl (C=O) groups is 1. The van der Waals surface area contributed by atoms with Crippen molar-refractivity contribution < 1.29 is 9.90 Å². The summed E-state index contributed by atoms with van der Waals surface area (Å²) in [6.07, 6.45) is 4.33. The molecule has 0 spiro atoms. The summed E-state index contributed by atoms with van der Waals surface area (Å²) in [6.45, 7) is 0. The van der Waals surface area contributed by atoms with Gasteiger partial charge in [-0.15, -0.1) is 0 Å². The van der Waals surface area contributed by atoms with Crippen LogP contribution in [0.2, 0.25) is 0 Å². The van der Waals surface area contributed by atoms with E-state index >= 15 is 0 Å². The van der Waals surface area contributed by atoms with Crippen LogP contribution in [-0.4, -0.2) is 37.9 Å². The van der Waals surface area contributed by atoms with Crippen LogP contribution >= 0.6 is 0 Å². The second kappa shape index (κ2) is 4.46. The summed E-state index contributed by atoms with van der Waals surface area (Å²) >= 11 is 0. The van der Waals surface area contributed by atoms with E-state index in [2.05, 4.69) is 16.0 Å². The molecule has 0 atom stereocenters. The molecule has 0 aromatic heterocycles. The molecule has 1 rings (SSSR count). The molecule has 0 heterocycles. The van der Waals surface area contributed by atoms with Crippen molar-refractivity contribution >= 4 is 5.97 Å². The lowest BCUT2D eigenvalue weighted by molar-refractivity contribution is -0.133. The standard InChI is InChI=1S/C10H17N3O2/c1-11-7-5-4-6-10(12-2,13-3)8(7)9(14)15/h4-5,11-13H,6H2,1-3H3,(H,14,15). The lowest BCUT2D eigenvalue weighted by Crippen LogP contribution is -2.58. The number of allylic oxidation sites excluding steroid dienone is 1. The molecule has 0 aliphatic heterocycles. The summed E-state index contributed by atoms with van der Waals surface area (Å²) < 4.78 is 0. The van der Waals surface area contributed by atoms with Gasteiger partial charge < -0.3 is 10.4 Å². The number of hydrogen-bond donors (Lipinski definition) is 4. The van der Waals surface area contributed by atoms with E-state index in [0.717, 1.165) is 0 Å². The van der Waals surface area contributed by atoms with Gasteiger partial charge in [0.1, 0.15) is 5.66 Å². The van der Waals surface area contributed by atoms with E-state index < -0.39 is 11.6 Å². The zero-order valence-corrected chi connectivity index (χ0v) is 9.22. The Balaban J connectivity index is 3.27. The van der Waals surface area contributed by atoms with E-state index in [1.807, 2.05) is 6.08 Å². The van der Waals surface area contributed by atoms with Gasteiger partial charge in [0, 0.05) is 19.2 Å². The van der Waals surface area contributed by atoms with Crippen LogP contribution in [0.25, 0.3) is 0 Å². The highest BCUT2D eigenvalue weighted by atomic mass is 16.4. The van der Waals surface area contributed by atoms with Gasteiger partial charge in [0.25, 0.3) is 0 Å². The average Bonchev–Trinajstić information content (AvgIpc) is 2.27. The molecule has 0 aromatic carbocycles. The molecule has 1 aliphatic carbocycles. The smallest absolute Gasteiger partial charge is 0.336 e. The van der Waals surface area contributed by atoms with Crippen molar-refractivity contribution in [1.82, 2.24) is 16.0 Å². The molecule has 4 N–H and O–H groups in total. The summed E-state index contributed by atoms with van der Waals surface area (Å²) in [5.41, 5.74) is 0.244. The van der Waals surface area contributed by atoms with Crippen molar-refractivity contribution in [3.63, 3.8) is 0 Å². The second-order valence-corrected chi connectivity index (χ2v) is 3.36.